The summed E-state index contributed by atoms with van der Waals surface area (Å²) in [7, 11) is -4.79. The Balaban J connectivity index is 2.47. The van der Waals surface area contributed by atoms with Crippen molar-refractivity contribution < 1.29 is 62.8 Å². The Hall–Kier alpha value is -3.20. The van der Waals surface area contributed by atoms with Crippen LogP contribution in [0.15, 0.2) is 72.9 Å². The first-order chi connectivity index (χ1) is 30.3. The topological polar surface area (TPSA) is 232 Å². The van der Waals surface area contributed by atoms with Gasteiger partial charge in [0.2, 0.25) is 0 Å². The Morgan fingerprint density at radius 3 is 1.90 bits per heavy atom. The van der Waals surface area contributed by atoms with Gasteiger partial charge in [-0.25, -0.2) is 4.57 Å². The number of carbonyl (C=O) groups excluding carboxylic acids is 2. The van der Waals surface area contributed by atoms with E-state index in [4.69, 9.17) is 24.8 Å². The molecule has 1 aliphatic rings. The van der Waals surface area contributed by atoms with Crippen LogP contribution in [0, 0.1) is 11.8 Å². The van der Waals surface area contributed by atoms with E-state index >= 15 is 0 Å². The normalized spacial score (nSPS) is 20.7. The number of ether oxygens (including phenoxy) is 2. The third-order valence-electron chi connectivity index (χ3n) is 10.5. The predicted molar refractivity (Wildman–Crippen MR) is 246 cm³/mol. The number of nitrogens with two attached hydrogens (primary N) is 1. The van der Waals surface area contributed by atoms with Crippen LogP contribution in [0.2, 0.25) is 0 Å². The van der Waals surface area contributed by atoms with Crippen LogP contribution in [-0.4, -0.2) is 93.5 Å². The maximum atomic E-state index is 12.7. The standard InChI is InChI=1S/C48H80NO13P/c1-3-5-7-8-9-10-11-12-13-14-15-16-17-18-19-20-21-22-28-32-47(54)62-40(37-60-63(57,58)61-38-43(49)48(55)56)36-59-46(53)31-27-24-23-26-30-41-42(45(52)35-44(41)51)34-33-39(50)29-25-6-4-2/h5,7,9-10,12-13,15-16,18-19,33-34,39-45,50-52H,3-4,6,8,11,14,17,20-32,35-38,49H2,1-2H3,(H,55,56)(H,57,58)/b7-5-,10-9-,13-12-,16-15-,19-18-,34-33+/t39-,40+,41+,42+,43-,44-,45+/m0/s1. The number of unbranched alkanes of at least 4 members (excludes halogenated alkanes) is 8. The van der Waals surface area contributed by atoms with Crippen LogP contribution in [0.5, 0.6) is 0 Å². The first-order valence-electron chi connectivity index (χ1n) is 23.2. The van der Waals surface area contributed by atoms with E-state index in [1.54, 1.807) is 6.08 Å². The lowest BCUT2D eigenvalue weighted by atomic mass is 9.88. The number of carboxylic acids is 1. The van der Waals surface area contributed by atoms with Crippen molar-refractivity contribution in [1.29, 1.82) is 0 Å². The molecule has 1 saturated carbocycles. The van der Waals surface area contributed by atoms with Crippen molar-refractivity contribution in [2.24, 2.45) is 17.6 Å². The highest BCUT2D eigenvalue weighted by Gasteiger charge is 2.39. The number of aliphatic hydroxyl groups excluding tert-OH is 3. The molecule has 14 nitrogen and oxygen atoms in total. The lowest BCUT2D eigenvalue weighted by Crippen LogP contribution is -2.34. The number of esters is 2. The zero-order valence-electron chi connectivity index (χ0n) is 38.0. The number of phosphoric ester groups is 1. The Labute approximate surface area is 377 Å². The van der Waals surface area contributed by atoms with Gasteiger partial charge in [-0.2, -0.15) is 0 Å². The van der Waals surface area contributed by atoms with Gasteiger partial charge >= 0.3 is 25.7 Å². The molecule has 1 unspecified atom stereocenters. The minimum Gasteiger partial charge on any atom is -0.480 e. The second-order valence-electron chi connectivity index (χ2n) is 16.1. The molecule has 0 amide bonds. The Morgan fingerprint density at radius 2 is 1.29 bits per heavy atom. The van der Waals surface area contributed by atoms with Crippen LogP contribution >= 0.6 is 7.82 Å². The molecule has 0 aliphatic heterocycles. The van der Waals surface area contributed by atoms with Crippen LogP contribution in [-0.2, 0) is 37.5 Å². The van der Waals surface area contributed by atoms with Gasteiger partial charge in [-0.05, 0) is 76.5 Å². The first kappa shape index (κ1) is 57.8. The third kappa shape index (κ3) is 31.3. The lowest BCUT2D eigenvalue weighted by molar-refractivity contribution is -0.161. The molecule has 0 aromatic heterocycles. The Morgan fingerprint density at radius 1 is 0.714 bits per heavy atom. The molecule has 0 bridgehead atoms. The van der Waals surface area contributed by atoms with Crippen LogP contribution in [0.25, 0.3) is 0 Å². The predicted octanol–water partition coefficient (Wildman–Crippen LogP) is 8.88. The summed E-state index contributed by atoms with van der Waals surface area (Å²) < 4.78 is 32.7. The maximum absolute atomic E-state index is 12.7. The molecule has 1 aliphatic carbocycles. The molecule has 0 saturated heterocycles. The van der Waals surface area contributed by atoms with E-state index in [1.165, 1.54) is 0 Å². The van der Waals surface area contributed by atoms with Crippen molar-refractivity contribution in [1.82, 2.24) is 0 Å². The summed E-state index contributed by atoms with van der Waals surface area (Å²) in [4.78, 5) is 46.3. The second-order valence-corrected chi connectivity index (χ2v) is 17.6. The minimum absolute atomic E-state index is 0.0751. The molecule has 0 aromatic rings. The third-order valence-corrected chi connectivity index (χ3v) is 11.5. The number of rotatable bonds is 38. The fourth-order valence-electron chi connectivity index (χ4n) is 6.89. The number of allylic oxidation sites excluding steroid dienone is 10. The van der Waals surface area contributed by atoms with Gasteiger partial charge < -0.3 is 40.5 Å². The summed E-state index contributed by atoms with van der Waals surface area (Å²) in [5, 5.41) is 40.3. The molecule has 0 aromatic carbocycles. The number of carboxylic acid groups (broad SMARTS) is 1. The fourth-order valence-corrected chi connectivity index (χ4v) is 7.67. The molecular weight excluding hydrogens is 829 g/mol. The summed E-state index contributed by atoms with van der Waals surface area (Å²) in [5.74, 6) is -2.94. The fraction of sp³-hybridized carbons (Fsp3) is 0.688. The van der Waals surface area contributed by atoms with Crippen LogP contribution in [0.1, 0.15) is 149 Å². The summed E-state index contributed by atoms with van der Waals surface area (Å²) in [5.41, 5.74) is 5.34. The van der Waals surface area contributed by atoms with E-state index < -0.39 is 76.0 Å². The lowest BCUT2D eigenvalue weighted by Gasteiger charge is -2.21. The molecule has 7 N–H and O–H groups in total. The molecule has 0 heterocycles. The summed E-state index contributed by atoms with van der Waals surface area (Å²) in [6.45, 7) is 2.34. The molecule has 1 rings (SSSR count). The number of hydrogen-bond donors (Lipinski definition) is 6. The first-order valence-corrected chi connectivity index (χ1v) is 24.7. The van der Waals surface area contributed by atoms with Gasteiger partial charge in [0.25, 0.3) is 0 Å². The number of phosphoric acid groups is 1. The van der Waals surface area contributed by atoms with E-state index in [1.807, 2.05) is 6.08 Å². The van der Waals surface area contributed by atoms with Gasteiger partial charge in [-0.1, -0.05) is 132 Å². The maximum Gasteiger partial charge on any atom is 0.472 e. The van der Waals surface area contributed by atoms with E-state index in [2.05, 4.69) is 79.1 Å². The van der Waals surface area contributed by atoms with Gasteiger partial charge in [0, 0.05) is 25.2 Å². The molecule has 15 heteroatoms. The van der Waals surface area contributed by atoms with Crippen molar-refractivity contribution in [3.63, 3.8) is 0 Å². The van der Waals surface area contributed by atoms with E-state index in [-0.39, 0.29) is 24.7 Å². The van der Waals surface area contributed by atoms with Crippen LogP contribution < -0.4 is 5.73 Å². The van der Waals surface area contributed by atoms with Crippen molar-refractivity contribution in [2.75, 3.05) is 19.8 Å². The van der Waals surface area contributed by atoms with Gasteiger partial charge in [-0.15, -0.1) is 0 Å². The molecular formula is C48H80NO13P. The van der Waals surface area contributed by atoms with Crippen LogP contribution in [0.4, 0.5) is 0 Å². The average molecular weight is 910 g/mol. The number of hydrogen-bond acceptors (Lipinski definition) is 12. The summed E-state index contributed by atoms with van der Waals surface area (Å²) in [6.07, 6.45) is 37.4. The number of aliphatic hydroxyl groups is 3. The van der Waals surface area contributed by atoms with E-state index in [0.717, 1.165) is 83.5 Å². The van der Waals surface area contributed by atoms with Gasteiger partial charge in [0.15, 0.2) is 6.10 Å². The quantitative estimate of drug-likeness (QED) is 0.0147. The van der Waals surface area contributed by atoms with Gasteiger partial charge in [0.05, 0.1) is 31.5 Å². The zero-order valence-corrected chi connectivity index (χ0v) is 38.9. The average Bonchev–Trinajstić information content (AvgIpc) is 3.52. The number of carbonyl (C=O) groups is 3. The molecule has 360 valence electrons. The van der Waals surface area contributed by atoms with Crippen molar-refractivity contribution >= 4 is 25.7 Å². The highest BCUT2D eigenvalue weighted by molar-refractivity contribution is 7.47. The van der Waals surface area contributed by atoms with E-state index in [9.17, 15) is 39.2 Å². The Bertz CT molecular complexity index is 1460. The van der Waals surface area contributed by atoms with Crippen molar-refractivity contribution in [2.45, 2.75) is 179 Å². The minimum atomic E-state index is -4.79. The van der Waals surface area contributed by atoms with Crippen molar-refractivity contribution in [3.05, 3.63) is 72.9 Å². The molecule has 8 atom stereocenters. The summed E-state index contributed by atoms with van der Waals surface area (Å²) >= 11 is 0. The zero-order chi connectivity index (χ0) is 46.6. The highest BCUT2D eigenvalue weighted by Crippen LogP contribution is 2.43. The largest absolute Gasteiger partial charge is 0.480 e. The monoisotopic (exact) mass is 910 g/mol. The van der Waals surface area contributed by atoms with Crippen LogP contribution in [0.3, 0.4) is 0 Å². The highest BCUT2D eigenvalue weighted by atomic mass is 31.2. The number of aliphatic carboxylic acids is 1. The molecule has 0 radical (unpaired) electrons. The second kappa shape index (κ2) is 37.1. The molecule has 1 fully saturated rings. The van der Waals surface area contributed by atoms with Crippen molar-refractivity contribution in [3.8, 4) is 0 Å². The van der Waals surface area contributed by atoms with E-state index in [0.29, 0.717) is 38.5 Å². The Kier molecular flexibility index (Phi) is 34.0. The smallest absolute Gasteiger partial charge is 0.472 e. The molecule has 0 spiro atoms. The van der Waals surface area contributed by atoms with Gasteiger partial charge in [0.1, 0.15) is 12.6 Å². The SMILES string of the molecule is CC/C=C\C/C=C\C/C=C\C/C=C\C/C=C\CCCCCC(=O)O[C@H](COC(=O)CCCCCC[C@@H]1[C@@H](/C=C/[C@@H](O)CCCCC)[C@H](O)C[C@@H]1O)COP(=O)(O)OC[C@H](N)C(=O)O. The molecule has 63 heavy (non-hydrogen) atoms. The summed E-state index contributed by atoms with van der Waals surface area (Å²) in [6, 6.07) is -1.56. The van der Waals surface area contributed by atoms with Gasteiger partial charge in [-0.3, -0.25) is 23.4 Å².